The largest absolute Gasteiger partial charge is 0.388 e. The molecule has 0 aromatic heterocycles. The van der Waals surface area contributed by atoms with Crippen molar-refractivity contribution in [3.05, 3.63) is 28.3 Å². The van der Waals surface area contributed by atoms with Gasteiger partial charge >= 0.3 is 0 Å². The third-order valence-electron chi connectivity index (χ3n) is 2.92. The molecule has 0 bridgehead atoms. The Morgan fingerprint density at radius 1 is 1.43 bits per heavy atom. The van der Waals surface area contributed by atoms with Gasteiger partial charge in [-0.1, -0.05) is 6.92 Å². The lowest BCUT2D eigenvalue weighted by molar-refractivity contribution is -0.387. The summed E-state index contributed by atoms with van der Waals surface area (Å²) in [5.74, 6) is 0.606. The van der Waals surface area contributed by atoms with Gasteiger partial charge in [0.15, 0.2) is 4.90 Å². The van der Waals surface area contributed by atoms with Crippen molar-refractivity contribution in [3.63, 3.8) is 0 Å². The molecule has 0 amide bonds. The van der Waals surface area contributed by atoms with E-state index in [2.05, 4.69) is 10.0 Å². The second-order valence-electron chi connectivity index (χ2n) is 4.37. The molecule has 0 aliphatic rings. The predicted octanol–water partition coefficient (Wildman–Crippen LogP) is 2.06. The van der Waals surface area contributed by atoms with Crippen molar-refractivity contribution in [1.82, 2.24) is 4.72 Å². The zero-order valence-electron chi connectivity index (χ0n) is 12.1. The molecule has 0 fully saturated rings. The lowest BCUT2D eigenvalue weighted by Crippen LogP contribution is -2.36. The molecular formula is C12H19N3O4S2. The molecule has 1 unspecified atom stereocenters. The van der Waals surface area contributed by atoms with E-state index in [0.29, 0.717) is 17.9 Å². The quantitative estimate of drug-likeness (QED) is 0.558. The summed E-state index contributed by atoms with van der Waals surface area (Å²) in [4.78, 5) is 10.0. The van der Waals surface area contributed by atoms with E-state index in [1.54, 1.807) is 7.05 Å². The minimum atomic E-state index is -3.95. The second-order valence-corrected chi connectivity index (χ2v) is 6.96. The van der Waals surface area contributed by atoms with Crippen molar-refractivity contribution in [1.29, 1.82) is 0 Å². The number of benzene rings is 1. The summed E-state index contributed by atoms with van der Waals surface area (Å²) in [7, 11) is -2.33. The van der Waals surface area contributed by atoms with Gasteiger partial charge in [-0.2, -0.15) is 11.8 Å². The van der Waals surface area contributed by atoms with Crippen LogP contribution >= 0.6 is 11.8 Å². The van der Waals surface area contributed by atoms with Crippen molar-refractivity contribution < 1.29 is 13.3 Å². The van der Waals surface area contributed by atoms with Crippen LogP contribution in [-0.4, -0.2) is 38.4 Å². The Bertz CT molecular complexity index is 605. The third kappa shape index (κ3) is 4.58. The SMILES string of the molecule is CCC(CSC)NS(=O)(=O)c1cc(NC)ccc1[N+](=O)[O-]. The highest BCUT2D eigenvalue weighted by Crippen LogP contribution is 2.27. The Morgan fingerprint density at radius 3 is 2.57 bits per heavy atom. The summed E-state index contributed by atoms with van der Waals surface area (Å²) in [6.07, 6.45) is 2.49. The molecule has 0 spiro atoms. The van der Waals surface area contributed by atoms with Crippen LogP contribution in [0.25, 0.3) is 0 Å². The highest BCUT2D eigenvalue weighted by atomic mass is 32.2. The number of nitrogens with one attached hydrogen (secondary N) is 2. The molecule has 9 heteroatoms. The summed E-state index contributed by atoms with van der Waals surface area (Å²) < 4.78 is 27.4. The topological polar surface area (TPSA) is 101 Å². The van der Waals surface area contributed by atoms with Crippen molar-refractivity contribution >= 4 is 33.2 Å². The van der Waals surface area contributed by atoms with E-state index in [0.717, 1.165) is 0 Å². The maximum atomic E-state index is 12.4. The van der Waals surface area contributed by atoms with Crippen LogP contribution in [0.2, 0.25) is 0 Å². The molecule has 2 N–H and O–H groups in total. The number of nitro groups is 1. The van der Waals surface area contributed by atoms with Gasteiger partial charge in [-0.05, 0) is 24.8 Å². The molecule has 118 valence electrons. The minimum Gasteiger partial charge on any atom is -0.388 e. The molecule has 0 radical (unpaired) electrons. The van der Waals surface area contributed by atoms with Crippen LogP contribution < -0.4 is 10.0 Å². The van der Waals surface area contributed by atoms with E-state index >= 15 is 0 Å². The Kier molecular flexibility index (Phi) is 6.43. The second kappa shape index (κ2) is 7.62. The maximum absolute atomic E-state index is 12.4. The van der Waals surface area contributed by atoms with Gasteiger partial charge in [-0.15, -0.1) is 0 Å². The number of hydrogen-bond donors (Lipinski definition) is 2. The van der Waals surface area contributed by atoms with Gasteiger partial charge in [-0.3, -0.25) is 10.1 Å². The maximum Gasteiger partial charge on any atom is 0.289 e. The number of thioether (sulfide) groups is 1. The van der Waals surface area contributed by atoms with Gasteiger partial charge in [0.05, 0.1) is 4.92 Å². The van der Waals surface area contributed by atoms with Gasteiger partial charge in [-0.25, -0.2) is 13.1 Å². The summed E-state index contributed by atoms with van der Waals surface area (Å²) >= 11 is 1.52. The Labute approximate surface area is 128 Å². The van der Waals surface area contributed by atoms with E-state index in [1.165, 1.54) is 30.0 Å². The van der Waals surface area contributed by atoms with Gasteiger partial charge in [0.2, 0.25) is 10.0 Å². The first-order chi connectivity index (χ1) is 9.85. The molecule has 1 aromatic rings. The van der Waals surface area contributed by atoms with E-state index in [-0.39, 0.29) is 10.9 Å². The van der Waals surface area contributed by atoms with Crippen LogP contribution in [0.5, 0.6) is 0 Å². The van der Waals surface area contributed by atoms with Gasteiger partial charge < -0.3 is 5.32 Å². The minimum absolute atomic E-state index is 0.261. The fraction of sp³-hybridized carbons (Fsp3) is 0.500. The van der Waals surface area contributed by atoms with Gasteiger partial charge in [0.1, 0.15) is 0 Å². The Morgan fingerprint density at radius 2 is 2.10 bits per heavy atom. The third-order valence-corrected chi connectivity index (χ3v) is 5.20. The van der Waals surface area contributed by atoms with E-state index < -0.39 is 20.6 Å². The summed E-state index contributed by atoms with van der Waals surface area (Å²) in [6, 6.07) is 3.67. The molecule has 0 saturated carbocycles. The molecule has 0 saturated heterocycles. The van der Waals surface area contributed by atoms with E-state index in [1.807, 2.05) is 13.2 Å². The van der Waals surface area contributed by atoms with Crippen LogP contribution in [-0.2, 0) is 10.0 Å². The fourth-order valence-corrected chi connectivity index (χ4v) is 4.10. The molecule has 0 aliphatic heterocycles. The first kappa shape index (κ1) is 17.7. The zero-order chi connectivity index (χ0) is 16.0. The molecule has 7 nitrogen and oxygen atoms in total. The lowest BCUT2D eigenvalue weighted by atomic mass is 10.3. The smallest absolute Gasteiger partial charge is 0.289 e. The molecular weight excluding hydrogens is 314 g/mol. The van der Waals surface area contributed by atoms with Crippen LogP contribution in [0.1, 0.15) is 13.3 Å². The highest BCUT2D eigenvalue weighted by molar-refractivity contribution is 7.98. The molecule has 0 heterocycles. The summed E-state index contributed by atoms with van der Waals surface area (Å²) in [5, 5.41) is 13.8. The molecule has 1 atom stereocenters. The summed E-state index contributed by atoms with van der Waals surface area (Å²) in [6.45, 7) is 1.86. The van der Waals surface area contributed by atoms with Gasteiger partial charge in [0.25, 0.3) is 5.69 Å². The number of sulfonamides is 1. The normalized spacial score (nSPS) is 12.9. The molecule has 0 aliphatic carbocycles. The average molecular weight is 333 g/mol. The highest BCUT2D eigenvalue weighted by Gasteiger charge is 2.28. The van der Waals surface area contributed by atoms with Crippen LogP contribution in [0.3, 0.4) is 0 Å². The monoisotopic (exact) mass is 333 g/mol. The predicted molar refractivity (Wildman–Crippen MR) is 85.4 cm³/mol. The van der Waals surface area contributed by atoms with Crippen molar-refractivity contribution in [2.75, 3.05) is 24.4 Å². The first-order valence-corrected chi connectivity index (χ1v) is 9.20. The van der Waals surface area contributed by atoms with Crippen molar-refractivity contribution in [3.8, 4) is 0 Å². The van der Waals surface area contributed by atoms with Crippen LogP contribution in [0, 0.1) is 10.1 Å². The number of nitro benzene ring substituents is 1. The summed E-state index contributed by atoms with van der Waals surface area (Å²) in [5.41, 5.74) is 0.0689. The van der Waals surface area contributed by atoms with Crippen molar-refractivity contribution in [2.24, 2.45) is 0 Å². The number of hydrogen-bond acceptors (Lipinski definition) is 6. The zero-order valence-corrected chi connectivity index (χ0v) is 13.8. The Balaban J connectivity index is 3.25. The number of rotatable bonds is 8. The Hall–Kier alpha value is -1.32. The molecule has 1 rings (SSSR count). The van der Waals surface area contributed by atoms with Crippen molar-refractivity contribution in [2.45, 2.75) is 24.3 Å². The fourth-order valence-electron chi connectivity index (χ4n) is 1.75. The average Bonchev–Trinajstić information content (AvgIpc) is 2.45. The van der Waals surface area contributed by atoms with E-state index in [4.69, 9.17) is 0 Å². The van der Waals surface area contributed by atoms with E-state index in [9.17, 15) is 18.5 Å². The molecule has 21 heavy (non-hydrogen) atoms. The van der Waals surface area contributed by atoms with Crippen LogP contribution in [0.4, 0.5) is 11.4 Å². The lowest BCUT2D eigenvalue weighted by Gasteiger charge is -2.16. The molecule has 1 aromatic carbocycles. The standard InChI is InChI=1S/C12H19N3O4S2/c1-4-9(8-20-3)14-21(18,19)12-7-10(13-2)5-6-11(12)15(16)17/h5-7,9,13-14H,4,8H2,1-3H3. The first-order valence-electron chi connectivity index (χ1n) is 6.33. The van der Waals surface area contributed by atoms with Gasteiger partial charge in [0, 0.05) is 30.6 Å². The number of nitrogens with zero attached hydrogens (tertiary/aromatic N) is 1. The number of anilines is 1. The van der Waals surface area contributed by atoms with Crippen LogP contribution in [0.15, 0.2) is 23.1 Å².